The van der Waals surface area contributed by atoms with Crippen LogP contribution in [0.25, 0.3) is 0 Å². The summed E-state index contributed by atoms with van der Waals surface area (Å²) in [5, 5.41) is 13.2. The molecule has 1 saturated heterocycles. The lowest BCUT2D eigenvalue weighted by atomic mass is 10.2. The van der Waals surface area contributed by atoms with Gasteiger partial charge in [-0.15, -0.1) is 0 Å². The second-order valence-electron chi connectivity index (χ2n) is 4.60. The van der Waals surface area contributed by atoms with E-state index in [1.807, 2.05) is 17.8 Å². The van der Waals surface area contributed by atoms with E-state index in [1.54, 1.807) is 7.05 Å². The molecule has 0 bridgehead atoms. The molecule has 0 aliphatic carbocycles. The average molecular weight is 317 g/mol. The number of likely N-dealkylation sites (N-methyl/N-ethyl adjacent to an activating group) is 1. The Labute approximate surface area is 114 Å². The topological polar surface area (TPSA) is 61.6 Å². The summed E-state index contributed by atoms with van der Waals surface area (Å²) in [7, 11) is 3.51. The Morgan fingerprint density at radius 3 is 3.00 bits per heavy atom. The zero-order valence-corrected chi connectivity index (χ0v) is 12.1. The minimum atomic E-state index is -0.881. The molecule has 1 atom stereocenters. The first-order valence-electron chi connectivity index (χ1n) is 5.89. The summed E-state index contributed by atoms with van der Waals surface area (Å²) in [5.74, 6) is 1.03. The molecule has 0 saturated carbocycles. The number of aryl methyl sites for hydroxylation is 1. The molecule has 6 nitrogen and oxygen atoms in total. The molecule has 18 heavy (non-hydrogen) atoms. The summed E-state index contributed by atoms with van der Waals surface area (Å²) in [6.07, 6.45) is 1.22. The van der Waals surface area contributed by atoms with Crippen molar-refractivity contribution >= 4 is 27.8 Å². The van der Waals surface area contributed by atoms with Crippen molar-refractivity contribution in [2.75, 3.05) is 25.0 Å². The summed E-state index contributed by atoms with van der Waals surface area (Å²) in [6.45, 7) is 1.47. The minimum Gasteiger partial charge on any atom is -0.465 e. The Bertz CT molecular complexity index is 448. The van der Waals surface area contributed by atoms with Gasteiger partial charge >= 0.3 is 6.09 Å². The summed E-state index contributed by atoms with van der Waals surface area (Å²) < 4.78 is 2.63. The Morgan fingerprint density at radius 1 is 1.72 bits per heavy atom. The van der Waals surface area contributed by atoms with Gasteiger partial charge in [-0.1, -0.05) is 0 Å². The zero-order chi connectivity index (χ0) is 13.3. The van der Waals surface area contributed by atoms with E-state index in [9.17, 15) is 4.79 Å². The first kappa shape index (κ1) is 13.2. The molecule has 2 heterocycles. The number of nitrogens with zero attached hydrogens (tertiary/aromatic N) is 4. The van der Waals surface area contributed by atoms with Crippen LogP contribution in [0.5, 0.6) is 0 Å². The SMILES string of the molecule is CN(CC1CCCN1c1cc(Br)nn1C)C(=O)O. The van der Waals surface area contributed by atoms with Crippen LogP contribution >= 0.6 is 15.9 Å². The molecule has 1 aliphatic rings. The van der Waals surface area contributed by atoms with Crippen LogP contribution in [0.4, 0.5) is 10.6 Å². The predicted molar refractivity (Wildman–Crippen MR) is 71.9 cm³/mol. The maximum absolute atomic E-state index is 10.9. The highest BCUT2D eigenvalue weighted by atomic mass is 79.9. The van der Waals surface area contributed by atoms with E-state index < -0.39 is 6.09 Å². The molecule has 1 aromatic heterocycles. The first-order valence-corrected chi connectivity index (χ1v) is 6.68. The van der Waals surface area contributed by atoms with Crippen LogP contribution in [-0.2, 0) is 7.05 Å². The molecule has 0 radical (unpaired) electrons. The van der Waals surface area contributed by atoms with Crippen molar-refractivity contribution in [2.45, 2.75) is 18.9 Å². The van der Waals surface area contributed by atoms with Gasteiger partial charge in [0.05, 0.1) is 0 Å². The largest absolute Gasteiger partial charge is 0.465 e. The highest BCUT2D eigenvalue weighted by molar-refractivity contribution is 9.10. The summed E-state index contributed by atoms with van der Waals surface area (Å²) in [6, 6.07) is 2.20. The number of anilines is 1. The molecule has 1 unspecified atom stereocenters. The molecule has 1 N–H and O–H groups in total. The van der Waals surface area contributed by atoms with Gasteiger partial charge in [-0.2, -0.15) is 5.10 Å². The Kier molecular flexibility index (Phi) is 3.79. The van der Waals surface area contributed by atoms with Crippen LogP contribution in [0.1, 0.15) is 12.8 Å². The van der Waals surface area contributed by atoms with E-state index in [4.69, 9.17) is 5.11 Å². The van der Waals surface area contributed by atoms with E-state index >= 15 is 0 Å². The van der Waals surface area contributed by atoms with Gasteiger partial charge in [0, 0.05) is 39.3 Å². The fourth-order valence-corrected chi connectivity index (χ4v) is 2.86. The van der Waals surface area contributed by atoms with Gasteiger partial charge in [0.25, 0.3) is 0 Å². The Hall–Kier alpha value is -1.24. The quantitative estimate of drug-likeness (QED) is 0.923. The fraction of sp³-hybridized carbons (Fsp3) is 0.636. The van der Waals surface area contributed by atoms with Gasteiger partial charge < -0.3 is 14.9 Å². The van der Waals surface area contributed by atoms with Gasteiger partial charge in [-0.05, 0) is 28.8 Å². The number of rotatable bonds is 3. The Morgan fingerprint density at radius 2 is 2.44 bits per heavy atom. The van der Waals surface area contributed by atoms with Crippen molar-refractivity contribution in [2.24, 2.45) is 7.05 Å². The van der Waals surface area contributed by atoms with Gasteiger partial charge in [0.2, 0.25) is 0 Å². The van der Waals surface area contributed by atoms with E-state index in [1.165, 1.54) is 4.90 Å². The summed E-state index contributed by atoms with van der Waals surface area (Å²) >= 11 is 3.36. The molecule has 1 amide bonds. The second kappa shape index (κ2) is 5.17. The van der Waals surface area contributed by atoms with Crippen LogP contribution in [0, 0.1) is 0 Å². The van der Waals surface area contributed by atoms with Crippen molar-refractivity contribution in [3.05, 3.63) is 10.7 Å². The third-order valence-electron chi connectivity index (χ3n) is 3.31. The molecule has 0 spiro atoms. The highest BCUT2D eigenvalue weighted by Gasteiger charge is 2.28. The van der Waals surface area contributed by atoms with Crippen molar-refractivity contribution in [1.29, 1.82) is 0 Å². The maximum atomic E-state index is 10.9. The number of aromatic nitrogens is 2. The Balaban J connectivity index is 2.12. The van der Waals surface area contributed by atoms with E-state index in [0.29, 0.717) is 6.54 Å². The molecule has 2 rings (SSSR count). The molecule has 1 aromatic rings. The fourth-order valence-electron chi connectivity index (χ4n) is 2.41. The van der Waals surface area contributed by atoms with Crippen LogP contribution in [0.2, 0.25) is 0 Å². The van der Waals surface area contributed by atoms with Gasteiger partial charge in [0.1, 0.15) is 10.4 Å². The van der Waals surface area contributed by atoms with Gasteiger partial charge in [0.15, 0.2) is 0 Å². The standard InChI is InChI=1S/C11H17BrN4O2/c1-14(11(17)18)7-8-4-3-5-16(8)10-6-9(12)13-15(10)2/h6,8H,3-5,7H2,1-2H3,(H,17,18). The molecule has 1 fully saturated rings. The lowest BCUT2D eigenvalue weighted by Crippen LogP contribution is -2.41. The number of amides is 1. The second-order valence-corrected chi connectivity index (χ2v) is 5.41. The van der Waals surface area contributed by atoms with Crippen molar-refractivity contribution in [3.8, 4) is 0 Å². The monoisotopic (exact) mass is 316 g/mol. The molecular formula is C11H17BrN4O2. The van der Waals surface area contributed by atoms with Crippen LogP contribution in [0.15, 0.2) is 10.7 Å². The highest BCUT2D eigenvalue weighted by Crippen LogP contribution is 2.27. The van der Waals surface area contributed by atoms with Crippen molar-refractivity contribution in [1.82, 2.24) is 14.7 Å². The third kappa shape index (κ3) is 2.60. The number of halogens is 1. The number of hydrogen-bond donors (Lipinski definition) is 1. The van der Waals surface area contributed by atoms with Crippen molar-refractivity contribution in [3.63, 3.8) is 0 Å². The predicted octanol–water partition coefficient (Wildman–Crippen LogP) is 1.76. The average Bonchev–Trinajstić information content (AvgIpc) is 2.85. The lowest BCUT2D eigenvalue weighted by Gasteiger charge is -2.28. The summed E-state index contributed by atoms with van der Waals surface area (Å²) in [5.41, 5.74) is 0. The number of carboxylic acid groups (broad SMARTS) is 1. The van der Waals surface area contributed by atoms with Crippen LogP contribution in [-0.4, -0.2) is 52.1 Å². The molecular weight excluding hydrogens is 300 g/mol. The number of carbonyl (C=O) groups is 1. The lowest BCUT2D eigenvalue weighted by molar-refractivity contribution is 0.153. The smallest absolute Gasteiger partial charge is 0.407 e. The molecule has 7 heteroatoms. The molecule has 1 aliphatic heterocycles. The first-order chi connectivity index (χ1) is 8.49. The van der Waals surface area contributed by atoms with Gasteiger partial charge in [-0.25, -0.2) is 4.79 Å². The van der Waals surface area contributed by atoms with E-state index in [2.05, 4.69) is 25.9 Å². The van der Waals surface area contributed by atoms with Crippen LogP contribution in [0.3, 0.4) is 0 Å². The van der Waals surface area contributed by atoms with Gasteiger partial charge in [-0.3, -0.25) is 4.68 Å². The normalized spacial score (nSPS) is 19.3. The molecule has 0 aromatic carbocycles. The van der Waals surface area contributed by atoms with Crippen molar-refractivity contribution < 1.29 is 9.90 Å². The third-order valence-corrected chi connectivity index (χ3v) is 3.70. The summed E-state index contributed by atoms with van der Waals surface area (Å²) in [4.78, 5) is 14.5. The van der Waals surface area contributed by atoms with Crippen LogP contribution < -0.4 is 4.90 Å². The van der Waals surface area contributed by atoms with E-state index in [0.717, 1.165) is 29.8 Å². The van der Waals surface area contributed by atoms with E-state index in [-0.39, 0.29) is 6.04 Å². The number of hydrogen-bond acceptors (Lipinski definition) is 3. The maximum Gasteiger partial charge on any atom is 0.407 e. The molecule has 100 valence electrons. The minimum absolute atomic E-state index is 0.230. The zero-order valence-electron chi connectivity index (χ0n) is 10.5.